The van der Waals surface area contributed by atoms with Crippen LogP contribution >= 0.6 is 11.6 Å². The number of hydrogen-bond acceptors (Lipinski definition) is 4. The molecule has 0 fully saturated rings. The van der Waals surface area contributed by atoms with Gasteiger partial charge in [-0.15, -0.1) is 0 Å². The fourth-order valence-corrected chi connectivity index (χ4v) is 2.66. The number of carbonyl (C=O) groups excluding carboxylic acids is 2. The quantitative estimate of drug-likeness (QED) is 0.865. The highest BCUT2D eigenvalue weighted by Crippen LogP contribution is 2.33. The smallest absolute Gasteiger partial charge is 0.267 e. The summed E-state index contributed by atoms with van der Waals surface area (Å²) in [6.07, 6.45) is 1.11. The van der Waals surface area contributed by atoms with Crippen LogP contribution < -0.4 is 15.0 Å². The number of nitrogens with zero attached hydrogens (tertiary/aromatic N) is 2. The second-order valence-electron chi connectivity index (χ2n) is 5.36. The fourth-order valence-electron chi connectivity index (χ4n) is 2.49. The second kappa shape index (κ2) is 6.88. The van der Waals surface area contributed by atoms with E-state index in [4.69, 9.17) is 16.3 Å². The zero-order valence-electron chi connectivity index (χ0n) is 13.0. The summed E-state index contributed by atoms with van der Waals surface area (Å²) >= 11 is 5.92. The Hall–Kier alpha value is -2.60. The summed E-state index contributed by atoms with van der Waals surface area (Å²) in [7, 11) is 0. The zero-order chi connectivity index (χ0) is 17.1. The number of para-hydroxylation sites is 2. The molecule has 1 atom stereocenters. The van der Waals surface area contributed by atoms with Crippen molar-refractivity contribution in [1.82, 2.24) is 4.98 Å². The summed E-state index contributed by atoms with van der Waals surface area (Å²) in [4.78, 5) is 30.0. The van der Waals surface area contributed by atoms with Crippen LogP contribution in [-0.4, -0.2) is 29.4 Å². The van der Waals surface area contributed by atoms with Gasteiger partial charge in [-0.1, -0.05) is 23.7 Å². The van der Waals surface area contributed by atoms with Crippen LogP contribution in [0, 0.1) is 0 Å². The van der Waals surface area contributed by atoms with Crippen LogP contribution in [0.15, 0.2) is 42.6 Å². The van der Waals surface area contributed by atoms with Crippen LogP contribution in [0.1, 0.15) is 13.3 Å². The highest BCUT2D eigenvalue weighted by atomic mass is 35.5. The van der Waals surface area contributed by atoms with E-state index in [9.17, 15) is 9.59 Å². The normalized spacial score (nSPS) is 16.3. The van der Waals surface area contributed by atoms with Crippen molar-refractivity contribution in [1.29, 1.82) is 0 Å². The van der Waals surface area contributed by atoms with Gasteiger partial charge in [-0.25, -0.2) is 4.98 Å². The van der Waals surface area contributed by atoms with Crippen LogP contribution in [0.5, 0.6) is 5.75 Å². The summed E-state index contributed by atoms with van der Waals surface area (Å²) in [5, 5.41) is 2.93. The Balaban J connectivity index is 1.68. The first-order valence-corrected chi connectivity index (χ1v) is 7.91. The standard InChI is InChI=1S/C17H16ClN3O3/c1-11-17(23)21(13-6-2-3-7-14(13)24-11)10-8-15(22)20-12-5-4-9-19-16(12)18/h2-7,9,11H,8,10H2,1H3,(H,20,22). The molecule has 1 aliphatic heterocycles. The molecule has 6 nitrogen and oxygen atoms in total. The maximum absolute atomic E-state index is 12.4. The van der Waals surface area contributed by atoms with Gasteiger partial charge in [-0.05, 0) is 31.2 Å². The Morgan fingerprint density at radius 3 is 2.92 bits per heavy atom. The molecule has 1 aromatic heterocycles. The van der Waals surface area contributed by atoms with Crippen molar-refractivity contribution in [3.05, 3.63) is 47.7 Å². The zero-order valence-corrected chi connectivity index (χ0v) is 13.8. The van der Waals surface area contributed by atoms with E-state index in [-0.39, 0.29) is 29.9 Å². The van der Waals surface area contributed by atoms with E-state index < -0.39 is 6.10 Å². The summed E-state index contributed by atoms with van der Waals surface area (Å²) < 4.78 is 5.58. The fraction of sp³-hybridized carbons (Fsp3) is 0.235. The number of benzene rings is 1. The predicted octanol–water partition coefficient (Wildman–Crippen LogP) is 2.88. The molecule has 2 aromatic rings. The van der Waals surface area contributed by atoms with Gasteiger partial charge in [0.1, 0.15) is 5.75 Å². The maximum Gasteiger partial charge on any atom is 0.267 e. The van der Waals surface area contributed by atoms with Crippen LogP contribution in [0.4, 0.5) is 11.4 Å². The number of nitrogens with one attached hydrogen (secondary N) is 1. The molecule has 24 heavy (non-hydrogen) atoms. The molecule has 0 bridgehead atoms. The van der Waals surface area contributed by atoms with Gasteiger partial charge in [0.05, 0.1) is 11.4 Å². The summed E-state index contributed by atoms with van der Waals surface area (Å²) in [6, 6.07) is 10.6. The second-order valence-corrected chi connectivity index (χ2v) is 5.72. The summed E-state index contributed by atoms with van der Waals surface area (Å²) in [5.41, 5.74) is 1.12. The monoisotopic (exact) mass is 345 g/mol. The van der Waals surface area contributed by atoms with E-state index in [1.165, 1.54) is 0 Å². The van der Waals surface area contributed by atoms with E-state index in [0.29, 0.717) is 17.1 Å². The molecule has 2 amide bonds. The van der Waals surface area contributed by atoms with Crippen molar-refractivity contribution in [3.63, 3.8) is 0 Å². The number of aromatic nitrogens is 1. The van der Waals surface area contributed by atoms with Gasteiger partial charge in [-0.2, -0.15) is 0 Å². The SMILES string of the molecule is CC1Oc2ccccc2N(CCC(=O)Nc2cccnc2Cl)C1=O. The molecule has 1 aromatic carbocycles. The van der Waals surface area contributed by atoms with Crippen molar-refractivity contribution in [2.24, 2.45) is 0 Å². The Morgan fingerprint density at radius 1 is 1.33 bits per heavy atom. The Labute approximate surface area is 144 Å². The lowest BCUT2D eigenvalue weighted by Gasteiger charge is -2.32. The van der Waals surface area contributed by atoms with Crippen molar-refractivity contribution >= 4 is 34.8 Å². The number of pyridine rings is 1. The van der Waals surface area contributed by atoms with Gasteiger partial charge in [0.2, 0.25) is 5.91 Å². The van der Waals surface area contributed by atoms with E-state index in [1.807, 2.05) is 12.1 Å². The minimum absolute atomic E-state index is 0.137. The molecule has 0 spiro atoms. The van der Waals surface area contributed by atoms with Gasteiger partial charge in [0, 0.05) is 19.2 Å². The van der Waals surface area contributed by atoms with Crippen molar-refractivity contribution in [3.8, 4) is 5.75 Å². The minimum Gasteiger partial charge on any atom is -0.479 e. The summed E-state index contributed by atoms with van der Waals surface area (Å²) in [6.45, 7) is 1.95. The van der Waals surface area contributed by atoms with E-state index >= 15 is 0 Å². The van der Waals surface area contributed by atoms with Gasteiger partial charge in [0.25, 0.3) is 5.91 Å². The molecule has 0 saturated carbocycles. The predicted molar refractivity (Wildman–Crippen MR) is 91.4 cm³/mol. The number of fused-ring (bicyclic) bond motifs is 1. The first kappa shape index (κ1) is 16.3. The van der Waals surface area contributed by atoms with Gasteiger partial charge in [0.15, 0.2) is 11.3 Å². The van der Waals surface area contributed by atoms with Crippen molar-refractivity contribution in [2.75, 3.05) is 16.8 Å². The number of halogens is 1. The largest absolute Gasteiger partial charge is 0.479 e. The molecule has 7 heteroatoms. The maximum atomic E-state index is 12.4. The van der Waals surface area contributed by atoms with Gasteiger partial charge < -0.3 is 15.0 Å². The van der Waals surface area contributed by atoms with E-state index in [2.05, 4.69) is 10.3 Å². The highest BCUT2D eigenvalue weighted by molar-refractivity contribution is 6.32. The molecule has 0 saturated heterocycles. The Kier molecular flexibility index (Phi) is 4.66. The van der Waals surface area contributed by atoms with E-state index in [1.54, 1.807) is 42.3 Å². The number of ether oxygens (including phenoxy) is 1. The topological polar surface area (TPSA) is 71.5 Å². The average Bonchev–Trinajstić information content (AvgIpc) is 2.57. The lowest BCUT2D eigenvalue weighted by Crippen LogP contribution is -2.45. The minimum atomic E-state index is -0.573. The lowest BCUT2D eigenvalue weighted by molar-refractivity contribution is -0.125. The third kappa shape index (κ3) is 3.33. The van der Waals surface area contributed by atoms with Crippen molar-refractivity contribution in [2.45, 2.75) is 19.4 Å². The van der Waals surface area contributed by atoms with Crippen LogP contribution in [0.25, 0.3) is 0 Å². The van der Waals surface area contributed by atoms with Crippen LogP contribution in [0.3, 0.4) is 0 Å². The summed E-state index contributed by atoms with van der Waals surface area (Å²) in [5.74, 6) is 0.232. The Bertz CT molecular complexity index is 781. The average molecular weight is 346 g/mol. The molecule has 124 valence electrons. The number of hydrogen-bond donors (Lipinski definition) is 1. The van der Waals surface area contributed by atoms with E-state index in [0.717, 1.165) is 0 Å². The first-order chi connectivity index (χ1) is 11.6. The van der Waals surface area contributed by atoms with Crippen molar-refractivity contribution < 1.29 is 14.3 Å². The van der Waals surface area contributed by atoms with Crippen LogP contribution in [-0.2, 0) is 9.59 Å². The molecular weight excluding hydrogens is 330 g/mol. The third-order valence-corrected chi connectivity index (χ3v) is 3.97. The molecule has 1 N–H and O–H groups in total. The number of carbonyl (C=O) groups is 2. The van der Waals surface area contributed by atoms with Gasteiger partial charge in [-0.3, -0.25) is 9.59 Å². The Morgan fingerprint density at radius 2 is 2.12 bits per heavy atom. The molecule has 3 rings (SSSR count). The molecule has 2 heterocycles. The third-order valence-electron chi connectivity index (χ3n) is 3.67. The number of rotatable bonds is 4. The molecule has 1 unspecified atom stereocenters. The number of amides is 2. The molecule has 0 radical (unpaired) electrons. The first-order valence-electron chi connectivity index (χ1n) is 7.53. The lowest BCUT2D eigenvalue weighted by atomic mass is 10.1. The molecule has 1 aliphatic rings. The molecule has 0 aliphatic carbocycles. The van der Waals surface area contributed by atoms with Gasteiger partial charge >= 0.3 is 0 Å². The molecular formula is C17H16ClN3O3. The number of anilines is 2. The highest BCUT2D eigenvalue weighted by Gasteiger charge is 2.31. The van der Waals surface area contributed by atoms with Crippen LogP contribution in [0.2, 0.25) is 5.15 Å².